The fourth-order valence-corrected chi connectivity index (χ4v) is 1.45. The molecule has 4 nitrogen and oxygen atoms in total. The number of aliphatic hydroxyl groups excluding tert-OH is 1. The number of rotatable bonds is 4. The molecule has 0 heterocycles. The highest BCUT2D eigenvalue weighted by Crippen LogP contribution is 2.35. The predicted molar refractivity (Wildman–Crippen MR) is 62.5 cm³/mol. The van der Waals surface area contributed by atoms with Gasteiger partial charge in [-0.2, -0.15) is 0 Å². The van der Waals surface area contributed by atoms with Crippen LogP contribution in [0.25, 0.3) is 0 Å². The monoisotopic (exact) mass is 225 g/mol. The van der Waals surface area contributed by atoms with Crippen LogP contribution in [0, 0.1) is 5.41 Å². The average Bonchev–Trinajstić information content (AvgIpc) is 2.27. The molecular formula is C12H19NO3. The van der Waals surface area contributed by atoms with E-state index in [2.05, 4.69) is 0 Å². The number of methoxy groups -OCH3 is 1. The zero-order valence-corrected chi connectivity index (χ0v) is 9.90. The first-order chi connectivity index (χ1) is 7.42. The van der Waals surface area contributed by atoms with Crippen LogP contribution in [0.2, 0.25) is 0 Å². The molecule has 0 unspecified atom stereocenters. The van der Waals surface area contributed by atoms with Crippen LogP contribution >= 0.6 is 0 Å². The molecule has 1 aromatic carbocycles. The van der Waals surface area contributed by atoms with Crippen LogP contribution in [0.15, 0.2) is 18.2 Å². The molecule has 4 N–H and O–H groups in total. The Morgan fingerprint density at radius 1 is 1.44 bits per heavy atom. The van der Waals surface area contributed by atoms with Crippen molar-refractivity contribution in [3.63, 3.8) is 0 Å². The molecule has 0 spiro atoms. The molecule has 0 saturated heterocycles. The molecular weight excluding hydrogens is 206 g/mol. The van der Waals surface area contributed by atoms with Crippen LogP contribution in [0.3, 0.4) is 0 Å². The molecule has 16 heavy (non-hydrogen) atoms. The van der Waals surface area contributed by atoms with Gasteiger partial charge < -0.3 is 20.7 Å². The Morgan fingerprint density at radius 3 is 2.50 bits per heavy atom. The zero-order valence-electron chi connectivity index (χ0n) is 9.90. The van der Waals surface area contributed by atoms with Crippen LogP contribution in [-0.4, -0.2) is 23.9 Å². The van der Waals surface area contributed by atoms with E-state index in [0.29, 0.717) is 5.75 Å². The summed E-state index contributed by atoms with van der Waals surface area (Å²) in [6.45, 7) is 3.73. The highest BCUT2D eigenvalue weighted by Gasteiger charge is 2.27. The maximum absolute atomic E-state index is 9.64. The zero-order chi connectivity index (χ0) is 12.3. The third kappa shape index (κ3) is 2.46. The Bertz CT molecular complexity index is 363. The van der Waals surface area contributed by atoms with Gasteiger partial charge in [0, 0.05) is 18.1 Å². The van der Waals surface area contributed by atoms with Crippen LogP contribution in [0.4, 0.5) is 0 Å². The van der Waals surface area contributed by atoms with Gasteiger partial charge >= 0.3 is 0 Å². The normalized spacial score (nSPS) is 13.6. The second-order valence-corrected chi connectivity index (χ2v) is 4.56. The minimum absolute atomic E-state index is 0.0129. The standard InChI is InChI=1S/C12H19NO3/c1-12(2,7-14)11(13)8-4-5-10(16-3)9(15)6-8/h4-6,11,14-15H,7,13H2,1-3H3/t11-/m1/s1. The maximum atomic E-state index is 9.64. The molecule has 0 aliphatic rings. The van der Waals surface area contributed by atoms with Crippen molar-refractivity contribution >= 4 is 0 Å². The molecule has 0 fully saturated rings. The fourth-order valence-electron chi connectivity index (χ4n) is 1.45. The van der Waals surface area contributed by atoms with Gasteiger partial charge in [-0.05, 0) is 17.7 Å². The van der Waals surface area contributed by atoms with Gasteiger partial charge in [0.15, 0.2) is 11.5 Å². The first kappa shape index (κ1) is 12.8. The van der Waals surface area contributed by atoms with Gasteiger partial charge in [0.1, 0.15) is 0 Å². The second kappa shape index (κ2) is 4.72. The van der Waals surface area contributed by atoms with Crippen molar-refractivity contribution in [1.82, 2.24) is 0 Å². The van der Waals surface area contributed by atoms with Gasteiger partial charge in [0.2, 0.25) is 0 Å². The summed E-state index contributed by atoms with van der Waals surface area (Å²) >= 11 is 0. The highest BCUT2D eigenvalue weighted by molar-refractivity contribution is 5.42. The molecule has 4 heteroatoms. The van der Waals surface area contributed by atoms with Crippen LogP contribution in [0.1, 0.15) is 25.5 Å². The third-order valence-corrected chi connectivity index (χ3v) is 2.81. The number of aliphatic hydroxyl groups is 1. The Morgan fingerprint density at radius 2 is 2.06 bits per heavy atom. The van der Waals surface area contributed by atoms with E-state index in [1.807, 2.05) is 13.8 Å². The summed E-state index contributed by atoms with van der Waals surface area (Å²) in [5.41, 5.74) is 6.38. The van der Waals surface area contributed by atoms with Gasteiger partial charge in [-0.25, -0.2) is 0 Å². The Labute approximate surface area is 95.7 Å². The Balaban J connectivity index is 3.02. The summed E-state index contributed by atoms with van der Waals surface area (Å²) in [6, 6.07) is 4.69. The van der Waals surface area contributed by atoms with Crippen LogP contribution in [-0.2, 0) is 0 Å². The summed E-state index contributed by atoms with van der Waals surface area (Å²) in [6.07, 6.45) is 0. The number of hydrogen-bond acceptors (Lipinski definition) is 4. The predicted octanol–water partition coefficient (Wildman–Crippen LogP) is 1.42. The van der Waals surface area contributed by atoms with Crippen molar-refractivity contribution in [2.45, 2.75) is 19.9 Å². The molecule has 1 atom stereocenters. The van der Waals surface area contributed by atoms with Crippen LogP contribution in [0.5, 0.6) is 11.5 Å². The van der Waals surface area contributed by atoms with E-state index >= 15 is 0 Å². The number of benzene rings is 1. The molecule has 0 aromatic heterocycles. The van der Waals surface area contributed by atoms with Crippen molar-refractivity contribution in [2.75, 3.05) is 13.7 Å². The summed E-state index contributed by atoms with van der Waals surface area (Å²) in [5.74, 6) is 0.474. The molecule has 0 aliphatic carbocycles. The maximum Gasteiger partial charge on any atom is 0.160 e. The first-order valence-corrected chi connectivity index (χ1v) is 5.15. The van der Waals surface area contributed by atoms with E-state index in [1.54, 1.807) is 18.2 Å². The largest absolute Gasteiger partial charge is 0.504 e. The molecule has 90 valence electrons. The fraction of sp³-hybridized carbons (Fsp3) is 0.500. The quantitative estimate of drug-likeness (QED) is 0.724. The van der Waals surface area contributed by atoms with Crippen LogP contribution < -0.4 is 10.5 Å². The summed E-state index contributed by atoms with van der Waals surface area (Å²) in [7, 11) is 1.49. The minimum atomic E-state index is -0.430. The Hall–Kier alpha value is -1.26. The number of nitrogens with two attached hydrogens (primary N) is 1. The number of aromatic hydroxyl groups is 1. The third-order valence-electron chi connectivity index (χ3n) is 2.81. The van der Waals surface area contributed by atoms with E-state index in [9.17, 15) is 10.2 Å². The topological polar surface area (TPSA) is 75.7 Å². The van der Waals surface area contributed by atoms with E-state index in [4.69, 9.17) is 10.5 Å². The summed E-state index contributed by atoms with van der Waals surface area (Å²) < 4.78 is 4.95. The van der Waals surface area contributed by atoms with Gasteiger partial charge in [-0.1, -0.05) is 19.9 Å². The van der Waals surface area contributed by atoms with Gasteiger partial charge in [0.25, 0.3) is 0 Å². The molecule has 0 radical (unpaired) electrons. The van der Waals surface area contributed by atoms with Crippen molar-refractivity contribution < 1.29 is 14.9 Å². The van der Waals surface area contributed by atoms with E-state index < -0.39 is 5.41 Å². The molecule has 1 rings (SSSR count). The minimum Gasteiger partial charge on any atom is -0.504 e. The lowest BCUT2D eigenvalue weighted by Gasteiger charge is -2.29. The molecule has 1 aromatic rings. The number of phenolic OH excluding ortho intramolecular Hbond substituents is 1. The summed E-state index contributed by atoms with van der Waals surface area (Å²) in [5, 5.41) is 18.9. The molecule has 0 bridgehead atoms. The number of hydrogen-bond donors (Lipinski definition) is 3. The summed E-state index contributed by atoms with van der Waals surface area (Å²) in [4.78, 5) is 0. The van der Waals surface area contributed by atoms with Gasteiger partial charge in [-0.15, -0.1) is 0 Å². The van der Waals surface area contributed by atoms with E-state index in [-0.39, 0.29) is 18.4 Å². The number of ether oxygens (including phenoxy) is 1. The average molecular weight is 225 g/mol. The lowest BCUT2D eigenvalue weighted by Crippen LogP contribution is -2.32. The lowest BCUT2D eigenvalue weighted by atomic mass is 9.82. The smallest absolute Gasteiger partial charge is 0.160 e. The SMILES string of the molecule is COc1ccc([C@@H](N)C(C)(C)CO)cc1O. The molecule has 0 saturated carbocycles. The Kier molecular flexibility index (Phi) is 3.78. The van der Waals surface area contributed by atoms with Crippen molar-refractivity contribution in [3.8, 4) is 11.5 Å². The van der Waals surface area contributed by atoms with Crippen molar-refractivity contribution in [2.24, 2.45) is 11.1 Å². The molecule has 0 aliphatic heterocycles. The van der Waals surface area contributed by atoms with Gasteiger partial charge in [0.05, 0.1) is 7.11 Å². The highest BCUT2D eigenvalue weighted by atomic mass is 16.5. The molecule has 0 amide bonds. The van der Waals surface area contributed by atoms with Crippen molar-refractivity contribution in [3.05, 3.63) is 23.8 Å². The number of phenols is 1. The van der Waals surface area contributed by atoms with E-state index in [1.165, 1.54) is 7.11 Å². The van der Waals surface area contributed by atoms with Crippen molar-refractivity contribution in [1.29, 1.82) is 0 Å². The van der Waals surface area contributed by atoms with E-state index in [0.717, 1.165) is 5.56 Å². The lowest BCUT2D eigenvalue weighted by molar-refractivity contribution is 0.132. The second-order valence-electron chi connectivity index (χ2n) is 4.56. The van der Waals surface area contributed by atoms with Gasteiger partial charge in [-0.3, -0.25) is 0 Å². The first-order valence-electron chi connectivity index (χ1n) is 5.15.